The van der Waals surface area contributed by atoms with E-state index in [1.54, 1.807) is 24.3 Å². The monoisotopic (exact) mass is 396 g/mol. The first-order chi connectivity index (χ1) is 13.0. The normalized spacial score (nSPS) is 10.1. The second-order valence-electron chi connectivity index (χ2n) is 4.88. The van der Waals surface area contributed by atoms with Crippen LogP contribution >= 0.6 is 0 Å². The summed E-state index contributed by atoms with van der Waals surface area (Å²) in [6, 6.07) is 11.0. The molecular formula is C17H11F3N2O6. The summed E-state index contributed by atoms with van der Waals surface area (Å²) in [5, 5.41) is 25.3. The summed E-state index contributed by atoms with van der Waals surface area (Å²) in [5.74, 6) is -4.69. The van der Waals surface area contributed by atoms with Gasteiger partial charge in [-0.2, -0.15) is 18.4 Å². The van der Waals surface area contributed by atoms with Gasteiger partial charge in [-0.1, -0.05) is 18.2 Å². The molecule has 0 bridgehead atoms. The number of benzene rings is 1. The van der Waals surface area contributed by atoms with Gasteiger partial charge in [0, 0.05) is 5.56 Å². The topological polar surface area (TPSA) is 138 Å². The molecule has 146 valence electrons. The molecule has 0 atom stereocenters. The van der Waals surface area contributed by atoms with Crippen LogP contribution in [0.2, 0.25) is 0 Å². The molecule has 1 aromatic heterocycles. The first-order valence-corrected chi connectivity index (χ1v) is 7.14. The van der Waals surface area contributed by atoms with E-state index in [0.29, 0.717) is 11.1 Å². The number of nitrogens with zero attached hydrogens (tertiary/aromatic N) is 2. The summed E-state index contributed by atoms with van der Waals surface area (Å²) in [6.07, 6.45) is -5.08. The van der Waals surface area contributed by atoms with Gasteiger partial charge in [0.05, 0.1) is 30.0 Å². The molecule has 2 rings (SSSR count). The summed E-state index contributed by atoms with van der Waals surface area (Å²) >= 11 is 0. The van der Waals surface area contributed by atoms with Gasteiger partial charge in [-0.15, -0.1) is 0 Å². The summed E-state index contributed by atoms with van der Waals surface area (Å²) in [4.78, 5) is 35.7. The Labute approximate surface area is 155 Å². The minimum absolute atomic E-state index is 0.104. The average Bonchev–Trinajstić information content (AvgIpc) is 2.66. The van der Waals surface area contributed by atoms with Crippen molar-refractivity contribution in [2.75, 3.05) is 7.11 Å². The smallest absolute Gasteiger partial charge is 0.478 e. The number of rotatable bonds is 3. The number of methoxy groups -OCH3 is 1. The number of hydrogen-bond acceptors (Lipinski definition) is 6. The summed E-state index contributed by atoms with van der Waals surface area (Å²) in [7, 11) is 1.18. The van der Waals surface area contributed by atoms with Crippen LogP contribution in [0.3, 0.4) is 0 Å². The highest BCUT2D eigenvalue weighted by Crippen LogP contribution is 2.23. The highest BCUT2D eigenvalue weighted by Gasteiger charge is 2.38. The lowest BCUT2D eigenvalue weighted by atomic mass is 10.0. The second-order valence-corrected chi connectivity index (χ2v) is 4.88. The van der Waals surface area contributed by atoms with Gasteiger partial charge in [0.1, 0.15) is 5.69 Å². The van der Waals surface area contributed by atoms with E-state index in [1.165, 1.54) is 13.2 Å². The van der Waals surface area contributed by atoms with Crippen molar-refractivity contribution in [1.82, 2.24) is 4.98 Å². The fourth-order valence-electron chi connectivity index (χ4n) is 1.81. The lowest BCUT2D eigenvalue weighted by molar-refractivity contribution is -0.192. The molecule has 1 aromatic carbocycles. The Morgan fingerprint density at radius 2 is 1.71 bits per heavy atom. The number of nitriles is 1. The Balaban J connectivity index is 0.000000480. The Hall–Kier alpha value is -3.94. The standard InChI is InChI=1S/C15H10N2O4.C2HF3O2/c1-21-15(20)13-7-10(14(18)19)6-12(17-13)11-5-3-2-4-9(11)8-16;3-2(4,5)1(6)7/h2-7H,1H3,(H,18,19);(H,6,7). The number of aromatic carboxylic acids is 1. The van der Waals surface area contributed by atoms with E-state index in [1.807, 2.05) is 6.07 Å². The SMILES string of the molecule is COC(=O)c1cc(C(=O)O)cc(-c2ccccc2C#N)n1.O=C(O)C(F)(F)F. The predicted molar refractivity (Wildman–Crippen MR) is 86.4 cm³/mol. The van der Waals surface area contributed by atoms with Gasteiger partial charge >= 0.3 is 24.1 Å². The van der Waals surface area contributed by atoms with Gasteiger partial charge in [-0.3, -0.25) is 0 Å². The largest absolute Gasteiger partial charge is 0.490 e. The van der Waals surface area contributed by atoms with Gasteiger partial charge in [0.25, 0.3) is 0 Å². The number of aliphatic carboxylic acids is 1. The number of carbonyl (C=O) groups excluding carboxylic acids is 1. The fourth-order valence-corrected chi connectivity index (χ4v) is 1.81. The third-order valence-corrected chi connectivity index (χ3v) is 3.03. The Morgan fingerprint density at radius 1 is 1.14 bits per heavy atom. The molecular weight excluding hydrogens is 385 g/mol. The zero-order valence-corrected chi connectivity index (χ0v) is 14.0. The number of halogens is 3. The average molecular weight is 396 g/mol. The molecule has 0 aliphatic heterocycles. The zero-order chi connectivity index (χ0) is 21.5. The van der Waals surface area contributed by atoms with Crippen LogP contribution in [-0.2, 0) is 9.53 Å². The lowest BCUT2D eigenvalue weighted by Crippen LogP contribution is -2.21. The number of carboxylic acid groups (broad SMARTS) is 2. The molecule has 0 aliphatic carbocycles. The first kappa shape index (κ1) is 22.1. The van der Waals surface area contributed by atoms with Crippen molar-refractivity contribution >= 4 is 17.9 Å². The minimum atomic E-state index is -5.08. The van der Waals surface area contributed by atoms with Crippen LogP contribution in [0.4, 0.5) is 13.2 Å². The van der Waals surface area contributed by atoms with E-state index in [2.05, 4.69) is 9.72 Å². The molecule has 2 N–H and O–H groups in total. The van der Waals surface area contributed by atoms with Crippen molar-refractivity contribution < 1.29 is 42.5 Å². The zero-order valence-electron chi connectivity index (χ0n) is 14.0. The van der Waals surface area contributed by atoms with Crippen LogP contribution in [0.25, 0.3) is 11.3 Å². The molecule has 0 amide bonds. The van der Waals surface area contributed by atoms with Crippen molar-refractivity contribution in [1.29, 1.82) is 5.26 Å². The van der Waals surface area contributed by atoms with Crippen molar-refractivity contribution in [3.8, 4) is 17.3 Å². The highest BCUT2D eigenvalue weighted by atomic mass is 19.4. The highest BCUT2D eigenvalue weighted by molar-refractivity contribution is 5.94. The van der Waals surface area contributed by atoms with E-state index in [-0.39, 0.29) is 17.0 Å². The maximum atomic E-state index is 11.6. The van der Waals surface area contributed by atoms with Gasteiger partial charge in [-0.05, 0) is 18.2 Å². The van der Waals surface area contributed by atoms with Crippen molar-refractivity contribution in [2.45, 2.75) is 6.18 Å². The number of alkyl halides is 3. The summed E-state index contributed by atoms with van der Waals surface area (Å²) in [5.41, 5.74) is 0.789. The maximum absolute atomic E-state index is 11.6. The third kappa shape index (κ3) is 5.80. The molecule has 1 heterocycles. The van der Waals surface area contributed by atoms with E-state index >= 15 is 0 Å². The number of carboxylic acids is 2. The van der Waals surface area contributed by atoms with Gasteiger partial charge in [0.2, 0.25) is 0 Å². The van der Waals surface area contributed by atoms with Crippen LogP contribution in [0, 0.1) is 11.3 Å². The molecule has 0 unspecified atom stereocenters. The molecule has 2 aromatic rings. The molecule has 0 saturated heterocycles. The molecule has 0 saturated carbocycles. The molecule has 0 spiro atoms. The van der Waals surface area contributed by atoms with Gasteiger partial charge in [0.15, 0.2) is 0 Å². The van der Waals surface area contributed by atoms with Gasteiger partial charge < -0.3 is 14.9 Å². The predicted octanol–water partition coefficient (Wildman–Crippen LogP) is 2.74. The number of carbonyl (C=O) groups is 3. The van der Waals surface area contributed by atoms with Crippen molar-refractivity contribution in [3.05, 3.63) is 53.2 Å². The number of hydrogen-bond donors (Lipinski definition) is 2. The van der Waals surface area contributed by atoms with Crippen LogP contribution in [0.5, 0.6) is 0 Å². The molecule has 0 radical (unpaired) electrons. The number of aromatic nitrogens is 1. The molecule has 28 heavy (non-hydrogen) atoms. The van der Waals surface area contributed by atoms with E-state index < -0.39 is 24.1 Å². The Kier molecular flexibility index (Phi) is 7.21. The molecule has 11 heteroatoms. The fraction of sp³-hybridized carbons (Fsp3) is 0.118. The van der Waals surface area contributed by atoms with Crippen LogP contribution in [-0.4, -0.2) is 46.4 Å². The molecule has 0 fully saturated rings. The quantitative estimate of drug-likeness (QED) is 0.756. The Morgan fingerprint density at radius 3 is 2.18 bits per heavy atom. The Bertz CT molecular complexity index is 951. The maximum Gasteiger partial charge on any atom is 0.490 e. The van der Waals surface area contributed by atoms with E-state index in [4.69, 9.17) is 20.3 Å². The van der Waals surface area contributed by atoms with Crippen molar-refractivity contribution in [3.63, 3.8) is 0 Å². The molecule has 0 aliphatic rings. The minimum Gasteiger partial charge on any atom is -0.478 e. The number of pyridine rings is 1. The van der Waals surface area contributed by atoms with Crippen LogP contribution in [0.1, 0.15) is 26.4 Å². The summed E-state index contributed by atoms with van der Waals surface area (Å²) < 4.78 is 36.3. The van der Waals surface area contributed by atoms with Crippen LogP contribution < -0.4 is 0 Å². The van der Waals surface area contributed by atoms with Crippen LogP contribution in [0.15, 0.2) is 36.4 Å². The van der Waals surface area contributed by atoms with E-state index in [0.717, 1.165) is 6.07 Å². The molecule has 8 nitrogen and oxygen atoms in total. The summed E-state index contributed by atoms with van der Waals surface area (Å²) in [6.45, 7) is 0. The second kappa shape index (κ2) is 9.13. The van der Waals surface area contributed by atoms with Gasteiger partial charge in [-0.25, -0.2) is 19.4 Å². The lowest BCUT2D eigenvalue weighted by Gasteiger charge is -2.07. The first-order valence-electron chi connectivity index (χ1n) is 7.14. The van der Waals surface area contributed by atoms with E-state index in [9.17, 15) is 22.8 Å². The third-order valence-electron chi connectivity index (χ3n) is 3.03. The number of esters is 1. The van der Waals surface area contributed by atoms with Crippen molar-refractivity contribution in [2.24, 2.45) is 0 Å². The number of ether oxygens (including phenoxy) is 1.